The van der Waals surface area contributed by atoms with Gasteiger partial charge in [-0.15, -0.1) is 13.2 Å². The number of hydrogen-bond donors (Lipinski definition) is 2. The molecule has 1 aliphatic rings. The fourth-order valence-corrected chi connectivity index (χ4v) is 2.06. The van der Waals surface area contributed by atoms with Crippen molar-refractivity contribution in [1.82, 2.24) is 4.72 Å². The van der Waals surface area contributed by atoms with Crippen LogP contribution in [0.3, 0.4) is 0 Å². The molecule has 1 aromatic rings. The Kier molecular flexibility index (Phi) is 4.57. The highest BCUT2D eigenvalue weighted by molar-refractivity contribution is 7.77. The summed E-state index contributed by atoms with van der Waals surface area (Å²) >= 11 is -2.23. The first-order chi connectivity index (χ1) is 10.2. The Bertz CT molecular complexity index is 653. The maximum absolute atomic E-state index is 12.1. The van der Waals surface area contributed by atoms with Crippen molar-refractivity contribution in [2.45, 2.75) is 6.36 Å². The van der Waals surface area contributed by atoms with E-state index in [0.717, 1.165) is 0 Å². The first-order valence-electron chi connectivity index (χ1n) is 5.86. The molecule has 0 spiro atoms. The smallest absolute Gasteiger partial charge is 0.406 e. The molecule has 1 atom stereocenters. The lowest BCUT2D eigenvalue weighted by atomic mass is 10.2. The molecule has 0 bridgehead atoms. The average molecular weight is 332 g/mol. The molecule has 0 fully saturated rings. The van der Waals surface area contributed by atoms with E-state index in [1.165, 1.54) is 30.5 Å². The highest BCUT2D eigenvalue weighted by atomic mass is 32.2. The van der Waals surface area contributed by atoms with Crippen LogP contribution in [0.2, 0.25) is 0 Å². The topological polar surface area (TPSA) is 61.8 Å². The molecule has 0 amide bonds. The summed E-state index contributed by atoms with van der Waals surface area (Å²) in [5, 5.41) is 0. The van der Waals surface area contributed by atoms with Gasteiger partial charge in [-0.2, -0.15) is 0 Å². The fraction of sp³-hybridized carbons (Fsp3) is 0.0769. The molecule has 5 nitrogen and oxygen atoms in total. The number of ether oxygens (including phenoxy) is 1. The second kappa shape index (κ2) is 6.24. The van der Waals surface area contributed by atoms with Crippen molar-refractivity contribution in [3.63, 3.8) is 0 Å². The summed E-state index contributed by atoms with van der Waals surface area (Å²) in [6.45, 7) is 3.78. The van der Waals surface area contributed by atoms with Crippen molar-refractivity contribution in [2.24, 2.45) is 0 Å². The van der Waals surface area contributed by atoms with E-state index in [0.29, 0.717) is 17.1 Å². The van der Waals surface area contributed by atoms with Crippen LogP contribution in [0.1, 0.15) is 0 Å². The predicted molar refractivity (Wildman–Crippen MR) is 75.9 cm³/mol. The van der Waals surface area contributed by atoms with Crippen LogP contribution in [0.15, 0.2) is 60.6 Å². The average Bonchev–Trinajstić information content (AvgIpc) is 2.40. The van der Waals surface area contributed by atoms with Gasteiger partial charge >= 0.3 is 6.36 Å². The summed E-state index contributed by atoms with van der Waals surface area (Å²) in [4.78, 5) is 1.55. The van der Waals surface area contributed by atoms with Crippen LogP contribution in [0.5, 0.6) is 5.75 Å². The summed E-state index contributed by atoms with van der Waals surface area (Å²) in [7, 11) is 0. The quantitative estimate of drug-likeness (QED) is 0.832. The second-order valence-corrected chi connectivity index (χ2v) is 4.87. The lowest BCUT2D eigenvalue weighted by Crippen LogP contribution is -2.23. The molecule has 0 saturated heterocycles. The normalized spacial score (nSPS) is 16.3. The van der Waals surface area contributed by atoms with E-state index in [4.69, 9.17) is 4.55 Å². The van der Waals surface area contributed by atoms with E-state index in [1.807, 2.05) is 0 Å². The molecule has 2 N–H and O–H groups in total. The molecule has 1 heterocycles. The third-order valence-electron chi connectivity index (χ3n) is 2.59. The van der Waals surface area contributed by atoms with E-state index < -0.39 is 17.6 Å². The van der Waals surface area contributed by atoms with Crippen molar-refractivity contribution in [3.8, 4) is 5.75 Å². The third kappa shape index (κ3) is 4.37. The zero-order chi connectivity index (χ0) is 16.3. The monoisotopic (exact) mass is 332 g/mol. The van der Waals surface area contributed by atoms with Gasteiger partial charge in [-0.25, -0.2) is 4.21 Å². The van der Waals surface area contributed by atoms with Crippen LogP contribution in [-0.4, -0.2) is 15.1 Å². The minimum absolute atomic E-state index is 0.340. The first kappa shape index (κ1) is 16.1. The zero-order valence-corrected chi connectivity index (χ0v) is 11.8. The van der Waals surface area contributed by atoms with Crippen LogP contribution in [0.25, 0.3) is 0 Å². The SMILES string of the molecule is C=C1C=CC(NS(=O)O)=CN1c1ccc(OC(F)(F)F)cc1. The Balaban J connectivity index is 2.19. The molecule has 118 valence electrons. The highest BCUT2D eigenvalue weighted by Crippen LogP contribution is 2.28. The lowest BCUT2D eigenvalue weighted by Gasteiger charge is -2.25. The van der Waals surface area contributed by atoms with Crippen molar-refractivity contribution in [2.75, 3.05) is 4.90 Å². The van der Waals surface area contributed by atoms with Crippen molar-refractivity contribution < 1.29 is 26.7 Å². The Morgan fingerprint density at radius 3 is 2.41 bits per heavy atom. The summed E-state index contributed by atoms with van der Waals surface area (Å²) in [5.74, 6) is -0.340. The Morgan fingerprint density at radius 1 is 1.23 bits per heavy atom. The van der Waals surface area contributed by atoms with Gasteiger partial charge < -0.3 is 9.64 Å². The number of halogens is 3. The molecule has 1 aromatic carbocycles. The summed E-state index contributed by atoms with van der Waals surface area (Å²) in [6, 6.07) is 5.16. The van der Waals surface area contributed by atoms with Gasteiger partial charge in [0.2, 0.25) is 0 Å². The molecule has 22 heavy (non-hydrogen) atoms. The lowest BCUT2D eigenvalue weighted by molar-refractivity contribution is -0.274. The third-order valence-corrected chi connectivity index (χ3v) is 3.00. The maximum atomic E-state index is 12.1. The van der Waals surface area contributed by atoms with Gasteiger partial charge in [0, 0.05) is 17.6 Å². The van der Waals surface area contributed by atoms with Crippen LogP contribution < -0.4 is 14.4 Å². The number of allylic oxidation sites excluding steroid dienone is 2. The minimum atomic E-state index is -4.75. The summed E-state index contributed by atoms with van der Waals surface area (Å²) in [5.41, 5.74) is 1.41. The minimum Gasteiger partial charge on any atom is -0.406 e. The van der Waals surface area contributed by atoms with E-state index in [9.17, 15) is 17.4 Å². The number of alkyl halides is 3. The molecule has 0 aromatic heterocycles. The van der Waals surface area contributed by atoms with Gasteiger partial charge in [-0.3, -0.25) is 9.27 Å². The standard InChI is InChI=1S/C13H11F3N2O3S/c1-9-2-3-10(17-22(19)20)8-18(9)11-4-6-12(7-5-11)21-13(14,15)16/h2-8,17H,1H2,(H,19,20). The first-order valence-corrected chi connectivity index (χ1v) is 6.96. The van der Waals surface area contributed by atoms with Gasteiger partial charge in [-0.05, 0) is 36.4 Å². The number of benzene rings is 1. The molecular formula is C13H11F3N2O3S. The molecule has 0 aliphatic carbocycles. The van der Waals surface area contributed by atoms with E-state index in [1.54, 1.807) is 17.1 Å². The Labute approximate surface area is 126 Å². The van der Waals surface area contributed by atoms with Gasteiger partial charge in [0.25, 0.3) is 11.3 Å². The number of rotatable bonds is 4. The number of nitrogens with one attached hydrogen (secondary N) is 1. The summed E-state index contributed by atoms with van der Waals surface area (Å²) < 4.78 is 61.9. The van der Waals surface area contributed by atoms with Crippen molar-refractivity contribution >= 4 is 17.0 Å². The molecule has 2 rings (SSSR count). The van der Waals surface area contributed by atoms with Gasteiger partial charge in [0.1, 0.15) is 5.75 Å². The van der Waals surface area contributed by atoms with E-state index in [-0.39, 0.29) is 5.75 Å². The highest BCUT2D eigenvalue weighted by Gasteiger charge is 2.31. The largest absolute Gasteiger partial charge is 0.573 e. The van der Waals surface area contributed by atoms with Crippen LogP contribution in [-0.2, 0) is 11.3 Å². The van der Waals surface area contributed by atoms with E-state index >= 15 is 0 Å². The van der Waals surface area contributed by atoms with Gasteiger partial charge in [-0.1, -0.05) is 6.58 Å². The van der Waals surface area contributed by atoms with Crippen LogP contribution >= 0.6 is 0 Å². The number of anilines is 1. The number of hydrogen-bond acceptors (Lipinski definition) is 3. The second-order valence-electron chi connectivity index (χ2n) is 4.17. The maximum Gasteiger partial charge on any atom is 0.573 e. The van der Waals surface area contributed by atoms with Gasteiger partial charge in [0.15, 0.2) is 0 Å². The molecule has 0 saturated carbocycles. The van der Waals surface area contributed by atoms with Gasteiger partial charge in [0.05, 0.1) is 5.70 Å². The molecular weight excluding hydrogens is 321 g/mol. The molecule has 1 unspecified atom stereocenters. The molecule has 9 heteroatoms. The Morgan fingerprint density at radius 2 is 1.86 bits per heavy atom. The predicted octanol–water partition coefficient (Wildman–Crippen LogP) is 3.04. The van der Waals surface area contributed by atoms with E-state index in [2.05, 4.69) is 16.0 Å². The zero-order valence-electron chi connectivity index (χ0n) is 11.0. The van der Waals surface area contributed by atoms with Crippen molar-refractivity contribution in [1.29, 1.82) is 0 Å². The van der Waals surface area contributed by atoms with Crippen LogP contribution in [0, 0.1) is 0 Å². The summed E-state index contributed by atoms with van der Waals surface area (Å²) in [6.07, 6.45) is -0.110. The fourth-order valence-electron chi connectivity index (χ4n) is 1.74. The molecule has 0 radical (unpaired) electrons. The van der Waals surface area contributed by atoms with Crippen LogP contribution in [0.4, 0.5) is 18.9 Å². The van der Waals surface area contributed by atoms with Crippen molar-refractivity contribution in [3.05, 3.63) is 60.6 Å². The molecule has 1 aliphatic heterocycles. The Hall–Kier alpha value is -2.26. The number of nitrogens with zero attached hydrogens (tertiary/aromatic N) is 1.